The molecule has 3 aromatic rings. The van der Waals surface area contributed by atoms with E-state index in [4.69, 9.17) is 5.11 Å². The van der Waals surface area contributed by atoms with Crippen molar-refractivity contribution in [3.63, 3.8) is 0 Å². The van der Waals surface area contributed by atoms with Gasteiger partial charge in [-0.1, -0.05) is 12.1 Å². The monoisotopic (exact) mass is 228 g/mol. The first-order valence-electron chi connectivity index (χ1n) is 5.41. The predicted octanol–water partition coefficient (Wildman–Crippen LogP) is 1.51. The molecule has 0 saturated carbocycles. The zero-order valence-electron chi connectivity index (χ0n) is 9.40. The van der Waals surface area contributed by atoms with Gasteiger partial charge >= 0.3 is 0 Å². The maximum Gasteiger partial charge on any atom is 0.272 e. The molecule has 0 aliphatic rings. The smallest absolute Gasteiger partial charge is 0.272 e. The van der Waals surface area contributed by atoms with Gasteiger partial charge in [0, 0.05) is 29.5 Å². The van der Waals surface area contributed by atoms with Crippen molar-refractivity contribution in [2.24, 2.45) is 7.05 Å². The lowest BCUT2D eigenvalue weighted by atomic mass is 10.1. The van der Waals surface area contributed by atoms with Gasteiger partial charge in [0.05, 0.1) is 6.61 Å². The molecule has 0 saturated heterocycles. The normalized spacial score (nSPS) is 11.4. The highest BCUT2D eigenvalue weighted by Gasteiger charge is 2.08. The van der Waals surface area contributed by atoms with Gasteiger partial charge in [-0.2, -0.15) is 0 Å². The second kappa shape index (κ2) is 3.46. The number of hydrogen-bond donors (Lipinski definition) is 2. The zero-order valence-corrected chi connectivity index (χ0v) is 9.40. The highest BCUT2D eigenvalue weighted by Crippen LogP contribution is 2.22. The van der Waals surface area contributed by atoms with Gasteiger partial charge in [0.15, 0.2) is 0 Å². The SMILES string of the molecule is Cn1ccc2c3ccc(CO)cc3[nH]c(=O)c21. The number of hydrogen-bond acceptors (Lipinski definition) is 2. The molecule has 1 aromatic carbocycles. The van der Waals surface area contributed by atoms with Crippen molar-refractivity contribution in [1.29, 1.82) is 0 Å². The molecule has 0 spiro atoms. The van der Waals surface area contributed by atoms with Crippen LogP contribution in [0.1, 0.15) is 5.56 Å². The summed E-state index contributed by atoms with van der Waals surface area (Å²) in [4.78, 5) is 14.8. The molecule has 2 heterocycles. The second-order valence-corrected chi connectivity index (χ2v) is 4.18. The van der Waals surface area contributed by atoms with E-state index < -0.39 is 0 Å². The lowest BCUT2D eigenvalue weighted by molar-refractivity contribution is 0.282. The van der Waals surface area contributed by atoms with Gasteiger partial charge in [0.2, 0.25) is 0 Å². The van der Waals surface area contributed by atoms with E-state index in [-0.39, 0.29) is 12.2 Å². The topological polar surface area (TPSA) is 58.0 Å². The Bertz CT molecular complexity index is 768. The van der Waals surface area contributed by atoms with Gasteiger partial charge in [-0.15, -0.1) is 0 Å². The number of nitrogens with one attached hydrogen (secondary N) is 1. The Hall–Kier alpha value is -2.07. The molecule has 4 heteroatoms. The summed E-state index contributed by atoms with van der Waals surface area (Å²) in [5.74, 6) is 0. The van der Waals surface area contributed by atoms with E-state index in [1.807, 2.05) is 42.1 Å². The van der Waals surface area contributed by atoms with E-state index in [0.29, 0.717) is 5.52 Å². The standard InChI is InChI=1S/C13H12N2O2/c1-15-5-4-10-9-3-2-8(7-16)6-11(9)14-13(17)12(10)15/h2-6,16H,7H2,1H3,(H,14,17). The lowest BCUT2D eigenvalue weighted by Crippen LogP contribution is -2.09. The van der Waals surface area contributed by atoms with Crippen LogP contribution < -0.4 is 5.56 Å². The van der Waals surface area contributed by atoms with Crippen LogP contribution in [0.5, 0.6) is 0 Å². The number of aliphatic hydroxyl groups excluding tert-OH is 1. The highest BCUT2D eigenvalue weighted by atomic mass is 16.3. The van der Waals surface area contributed by atoms with Crippen molar-refractivity contribution in [2.45, 2.75) is 6.61 Å². The van der Waals surface area contributed by atoms with Crippen molar-refractivity contribution in [1.82, 2.24) is 9.55 Å². The summed E-state index contributed by atoms with van der Waals surface area (Å²) in [7, 11) is 1.85. The number of benzene rings is 1. The van der Waals surface area contributed by atoms with Gasteiger partial charge in [-0.05, 0) is 17.7 Å². The third kappa shape index (κ3) is 1.38. The van der Waals surface area contributed by atoms with Gasteiger partial charge in [-0.25, -0.2) is 0 Å². The average molecular weight is 228 g/mol. The quantitative estimate of drug-likeness (QED) is 0.663. The summed E-state index contributed by atoms with van der Waals surface area (Å²) in [5.41, 5.74) is 2.13. The maximum atomic E-state index is 11.9. The van der Waals surface area contributed by atoms with Crippen molar-refractivity contribution < 1.29 is 5.11 Å². The van der Waals surface area contributed by atoms with Crippen LogP contribution in [-0.4, -0.2) is 14.7 Å². The minimum Gasteiger partial charge on any atom is -0.392 e. The maximum absolute atomic E-state index is 11.9. The summed E-state index contributed by atoms with van der Waals surface area (Å²) in [6.07, 6.45) is 1.87. The van der Waals surface area contributed by atoms with Crippen LogP contribution in [0.3, 0.4) is 0 Å². The van der Waals surface area contributed by atoms with Crippen LogP contribution in [-0.2, 0) is 13.7 Å². The van der Waals surface area contributed by atoms with Crippen LogP contribution in [0.2, 0.25) is 0 Å². The molecule has 0 aliphatic carbocycles. The molecule has 86 valence electrons. The number of aliphatic hydroxyl groups is 1. The number of H-pyrrole nitrogens is 1. The van der Waals surface area contributed by atoms with Gasteiger partial charge in [-0.3, -0.25) is 4.79 Å². The predicted molar refractivity (Wildman–Crippen MR) is 67.0 cm³/mol. The Morgan fingerprint density at radius 3 is 2.88 bits per heavy atom. The Kier molecular flexibility index (Phi) is 2.06. The van der Waals surface area contributed by atoms with Crippen molar-refractivity contribution >= 4 is 21.8 Å². The average Bonchev–Trinajstić information content (AvgIpc) is 2.71. The van der Waals surface area contributed by atoms with Gasteiger partial charge < -0.3 is 14.7 Å². The third-order valence-electron chi connectivity index (χ3n) is 3.09. The van der Waals surface area contributed by atoms with E-state index in [0.717, 1.165) is 21.9 Å². The molecule has 17 heavy (non-hydrogen) atoms. The first-order valence-corrected chi connectivity index (χ1v) is 5.41. The van der Waals surface area contributed by atoms with E-state index >= 15 is 0 Å². The van der Waals surface area contributed by atoms with Crippen molar-refractivity contribution in [3.8, 4) is 0 Å². The molecule has 2 aromatic heterocycles. The van der Waals surface area contributed by atoms with Crippen LogP contribution in [0.25, 0.3) is 21.8 Å². The first-order chi connectivity index (χ1) is 8.20. The zero-order chi connectivity index (χ0) is 12.0. The fourth-order valence-electron chi connectivity index (χ4n) is 2.24. The summed E-state index contributed by atoms with van der Waals surface area (Å²) >= 11 is 0. The van der Waals surface area contributed by atoms with Crippen LogP contribution in [0, 0.1) is 0 Å². The van der Waals surface area contributed by atoms with Gasteiger partial charge in [0.1, 0.15) is 5.52 Å². The molecule has 0 radical (unpaired) electrons. The molecule has 3 rings (SSSR count). The molecule has 0 fully saturated rings. The number of fused-ring (bicyclic) bond motifs is 3. The Morgan fingerprint density at radius 1 is 1.29 bits per heavy atom. The van der Waals surface area contributed by atoms with E-state index in [1.54, 1.807) is 0 Å². The number of pyridine rings is 1. The fourth-order valence-corrected chi connectivity index (χ4v) is 2.24. The molecular weight excluding hydrogens is 216 g/mol. The van der Waals surface area contributed by atoms with E-state index in [1.165, 1.54) is 0 Å². The second-order valence-electron chi connectivity index (χ2n) is 4.18. The Morgan fingerprint density at radius 2 is 2.12 bits per heavy atom. The molecular formula is C13H12N2O2. The minimum absolute atomic E-state index is 0.0230. The van der Waals surface area contributed by atoms with Crippen LogP contribution in [0.15, 0.2) is 35.3 Å². The van der Waals surface area contributed by atoms with E-state index in [9.17, 15) is 4.79 Å². The number of aromatic amines is 1. The van der Waals surface area contributed by atoms with Crippen molar-refractivity contribution in [3.05, 3.63) is 46.4 Å². The molecule has 2 N–H and O–H groups in total. The van der Waals surface area contributed by atoms with E-state index in [2.05, 4.69) is 4.98 Å². The molecule has 0 atom stereocenters. The summed E-state index contributed by atoms with van der Waals surface area (Å²) in [6, 6.07) is 7.54. The van der Waals surface area contributed by atoms with Crippen LogP contribution in [0.4, 0.5) is 0 Å². The van der Waals surface area contributed by atoms with Crippen LogP contribution >= 0.6 is 0 Å². The summed E-state index contributed by atoms with van der Waals surface area (Å²) in [5, 5.41) is 11.0. The summed E-state index contributed by atoms with van der Waals surface area (Å²) < 4.78 is 1.81. The highest BCUT2D eigenvalue weighted by molar-refractivity contribution is 6.04. The Balaban J connectivity index is 2.53. The summed E-state index contributed by atoms with van der Waals surface area (Å²) in [6.45, 7) is -0.0230. The third-order valence-corrected chi connectivity index (χ3v) is 3.09. The molecule has 0 unspecified atom stereocenters. The van der Waals surface area contributed by atoms with Gasteiger partial charge in [0.25, 0.3) is 5.56 Å². The largest absolute Gasteiger partial charge is 0.392 e. The lowest BCUT2D eigenvalue weighted by Gasteiger charge is -2.03. The molecule has 0 aliphatic heterocycles. The number of aromatic nitrogens is 2. The first kappa shape index (κ1) is 10.1. The minimum atomic E-state index is -0.102. The number of aryl methyl sites for hydroxylation is 1. The number of rotatable bonds is 1. The fraction of sp³-hybridized carbons (Fsp3) is 0.154. The molecule has 0 amide bonds. The molecule has 0 bridgehead atoms. The number of nitrogens with zero attached hydrogens (tertiary/aromatic N) is 1. The van der Waals surface area contributed by atoms with Crippen molar-refractivity contribution in [2.75, 3.05) is 0 Å². The molecule has 4 nitrogen and oxygen atoms in total. The Labute approximate surface area is 97.1 Å².